The lowest BCUT2D eigenvalue weighted by molar-refractivity contribution is -0.123. The number of ketones is 1. The van der Waals surface area contributed by atoms with Crippen LogP contribution in [0.4, 0.5) is 0 Å². The molecule has 0 amide bonds. The lowest BCUT2D eigenvalue weighted by Gasteiger charge is -2.20. The molecule has 3 heteroatoms. The number of halogens is 1. The van der Waals surface area contributed by atoms with Gasteiger partial charge in [-0.1, -0.05) is 19.8 Å². The van der Waals surface area contributed by atoms with Crippen LogP contribution in [0.2, 0.25) is 0 Å². The van der Waals surface area contributed by atoms with Gasteiger partial charge in [-0.3, -0.25) is 4.79 Å². The first-order valence-corrected chi connectivity index (χ1v) is 4.01. The van der Waals surface area contributed by atoms with Gasteiger partial charge in [-0.15, -0.1) is 12.4 Å². The zero-order valence-electron chi connectivity index (χ0n) is 6.93. The molecule has 0 aromatic rings. The largest absolute Gasteiger partial charge is 0.319 e. The first-order valence-electron chi connectivity index (χ1n) is 4.01. The van der Waals surface area contributed by atoms with Gasteiger partial charge in [0, 0.05) is 6.42 Å². The minimum absolute atomic E-state index is 0. The number of Topliss-reactive ketones (excluding diaryl/α,β-unsaturated/α-hetero) is 1. The summed E-state index contributed by atoms with van der Waals surface area (Å²) in [6.07, 6.45) is 4.65. The van der Waals surface area contributed by atoms with E-state index in [2.05, 4.69) is 0 Å². The van der Waals surface area contributed by atoms with Crippen molar-refractivity contribution in [3.63, 3.8) is 0 Å². The second-order valence-corrected chi connectivity index (χ2v) is 3.14. The molecule has 0 unspecified atom stereocenters. The highest BCUT2D eigenvalue weighted by molar-refractivity contribution is 5.88. The zero-order chi connectivity index (χ0) is 7.61. The summed E-state index contributed by atoms with van der Waals surface area (Å²) in [5.41, 5.74) is 5.43. The Hall–Kier alpha value is -0.0800. The molecule has 1 rings (SSSR count). The third kappa shape index (κ3) is 2.17. The molecule has 0 aliphatic heterocycles. The number of nitrogens with two attached hydrogens (primary N) is 1. The predicted molar refractivity (Wildman–Crippen MR) is 47.9 cm³/mol. The van der Waals surface area contributed by atoms with E-state index >= 15 is 0 Å². The van der Waals surface area contributed by atoms with Gasteiger partial charge in [0.1, 0.15) is 0 Å². The Morgan fingerprint density at radius 3 is 2.27 bits per heavy atom. The van der Waals surface area contributed by atoms with Crippen LogP contribution in [-0.4, -0.2) is 11.3 Å². The molecule has 0 bridgehead atoms. The Bertz CT molecular complexity index is 141. The molecule has 2 nitrogen and oxygen atoms in total. The molecule has 0 radical (unpaired) electrons. The van der Waals surface area contributed by atoms with Gasteiger partial charge in [0.25, 0.3) is 0 Å². The van der Waals surface area contributed by atoms with E-state index < -0.39 is 5.54 Å². The van der Waals surface area contributed by atoms with Crippen molar-refractivity contribution >= 4 is 18.2 Å². The average molecular weight is 178 g/mol. The van der Waals surface area contributed by atoms with Crippen molar-refractivity contribution in [1.82, 2.24) is 0 Å². The van der Waals surface area contributed by atoms with E-state index in [4.69, 9.17) is 5.73 Å². The highest BCUT2D eigenvalue weighted by Gasteiger charge is 2.34. The fourth-order valence-electron chi connectivity index (χ4n) is 1.64. The maximum Gasteiger partial charge on any atom is 0.152 e. The lowest BCUT2D eigenvalue weighted by atomic mass is 9.92. The van der Waals surface area contributed by atoms with Crippen LogP contribution >= 0.6 is 12.4 Å². The van der Waals surface area contributed by atoms with Crippen molar-refractivity contribution in [3.8, 4) is 0 Å². The van der Waals surface area contributed by atoms with Crippen molar-refractivity contribution in [2.75, 3.05) is 0 Å². The molecule has 1 aliphatic rings. The summed E-state index contributed by atoms with van der Waals surface area (Å²) < 4.78 is 0. The second-order valence-electron chi connectivity index (χ2n) is 3.14. The standard InChI is InChI=1S/C8H15NO.ClH/c1-2-7(10)8(9)5-3-4-6-8;/h2-6,9H2,1H3;1H. The van der Waals surface area contributed by atoms with Crippen molar-refractivity contribution < 1.29 is 4.79 Å². The summed E-state index contributed by atoms with van der Waals surface area (Å²) in [5, 5.41) is 0. The fraction of sp³-hybridized carbons (Fsp3) is 0.875. The Morgan fingerprint density at radius 1 is 1.45 bits per heavy atom. The zero-order valence-corrected chi connectivity index (χ0v) is 7.75. The SMILES string of the molecule is CCC(=O)C1(N)CCCC1.Cl. The van der Waals surface area contributed by atoms with Gasteiger partial charge in [0.2, 0.25) is 0 Å². The van der Waals surface area contributed by atoms with Crippen LogP contribution in [0.5, 0.6) is 0 Å². The van der Waals surface area contributed by atoms with Crippen LogP contribution in [0.3, 0.4) is 0 Å². The Morgan fingerprint density at radius 2 is 1.91 bits per heavy atom. The molecule has 0 aromatic heterocycles. The molecule has 11 heavy (non-hydrogen) atoms. The summed E-state index contributed by atoms with van der Waals surface area (Å²) in [5.74, 6) is 0.241. The van der Waals surface area contributed by atoms with E-state index in [1.165, 1.54) is 0 Å². The van der Waals surface area contributed by atoms with Crippen LogP contribution in [0.15, 0.2) is 0 Å². The summed E-state index contributed by atoms with van der Waals surface area (Å²) in [4.78, 5) is 11.2. The molecular weight excluding hydrogens is 162 g/mol. The molecule has 0 heterocycles. The number of hydrogen-bond acceptors (Lipinski definition) is 2. The van der Waals surface area contributed by atoms with Crippen LogP contribution in [0.25, 0.3) is 0 Å². The number of carbonyl (C=O) groups is 1. The molecule has 1 saturated carbocycles. The Balaban J connectivity index is 0.000001000. The van der Waals surface area contributed by atoms with Crippen molar-refractivity contribution in [2.24, 2.45) is 5.73 Å². The van der Waals surface area contributed by atoms with Crippen LogP contribution in [0, 0.1) is 0 Å². The highest BCUT2D eigenvalue weighted by Crippen LogP contribution is 2.28. The topological polar surface area (TPSA) is 43.1 Å². The Labute approximate surface area is 73.9 Å². The van der Waals surface area contributed by atoms with Crippen LogP contribution in [0.1, 0.15) is 39.0 Å². The number of rotatable bonds is 2. The smallest absolute Gasteiger partial charge is 0.152 e. The van der Waals surface area contributed by atoms with Crippen molar-refractivity contribution in [1.29, 1.82) is 0 Å². The van der Waals surface area contributed by atoms with Gasteiger partial charge in [-0.2, -0.15) is 0 Å². The van der Waals surface area contributed by atoms with Crippen LogP contribution in [-0.2, 0) is 4.79 Å². The maximum absolute atomic E-state index is 11.2. The van der Waals surface area contributed by atoms with Gasteiger partial charge < -0.3 is 5.73 Å². The van der Waals surface area contributed by atoms with Gasteiger partial charge in [0.15, 0.2) is 5.78 Å². The summed E-state index contributed by atoms with van der Waals surface area (Å²) >= 11 is 0. The normalized spacial score (nSPS) is 20.9. The third-order valence-corrected chi connectivity index (χ3v) is 2.37. The first kappa shape index (κ1) is 10.9. The fourth-order valence-corrected chi connectivity index (χ4v) is 1.64. The van der Waals surface area contributed by atoms with E-state index in [0.29, 0.717) is 6.42 Å². The minimum atomic E-state index is -0.436. The summed E-state index contributed by atoms with van der Waals surface area (Å²) in [6.45, 7) is 1.88. The molecule has 1 aliphatic carbocycles. The molecule has 0 aromatic carbocycles. The monoisotopic (exact) mass is 177 g/mol. The maximum atomic E-state index is 11.2. The van der Waals surface area contributed by atoms with Crippen molar-refractivity contribution in [2.45, 2.75) is 44.6 Å². The quantitative estimate of drug-likeness (QED) is 0.697. The van der Waals surface area contributed by atoms with Gasteiger partial charge in [0.05, 0.1) is 5.54 Å². The molecule has 0 spiro atoms. The molecular formula is C8H16ClNO. The summed E-state index contributed by atoms with van der Waals surface area (Å²) in [6, 6.07) is 0. The third-order valence-electron chi connectivity index (χ3n) is 2.37. The van der Waals surface area contributed by atoms with Crippen LogP contribution < -0.4 is 5.73 Å². The van der Waals surface area contributed by atoms with E-state index in [9.17, 15) is 4.79 Å². The van der Waals surface area contributed by atoms with Gasteiger partial charge >= 0.3 is 0 Å². The molecule has 1 fully saturated rings. The highest BCUT2D eigenvalue weighted by atomic mass is 35.5. The van der Waals surface area contributed by atoms with E-state index in [1.807, 2.05) is 6.92 Å². The first-order chi connectivity index (χ1) is 4.69. The van der Waals surface area contributed by atoms with E-state index in [-0.39, 0.29) is 18.2 Å². The van der Waals surface area contributed by atoms with E-state index in [1.54, 1.807) is 0 Å². The number of carbonyl (C=O) groups excluding carboxylic acids is 1. The molecule has 66 valence electrons. The van der Waals surface area contributed by atoms with Gasteiger partial charge in [-0.05, 0) is 12.8 Å². The van der Waals surface area contributed by atoms with E-state index in [0.717, 1.165) is 25.7 Å². The summed E-state index contributed by atoms with van der Waals surface area (Å²) in [7, 11) is 0. The predicted octanol–water partition coefficient (Wildman–Crippen LogP) is 1.66. The average Bonchev–Trinajstić information content (AvgIpc) is 2.36. The molecule has 2 N–H and O–H groups in total. The lowest BCUT2D eigenvalue weighted by Crippen LogP contribution is -2.44. The number of hydrogen-bond donors (Lipinski definition) is 1. The van der Waals surface area contributed by atoms with Crippen molar-refractivity contribution in [3.05, 3.63) is 0 Å². The molecule has 0 atom stereocenters. The Kier molecular flexibility index (Phi) is 4.04. The second kappa shape index (κ2) is 4.07. The van der Waals surface area contributed by atoms with Gasteiger partial charge in [-0.25, -0.2) is 0 Å². The minimum Gasteiger partial charge on any atom is -0.319 e. The molecule has 0 saturated heterocycles.